The van der Waals surface area contributed by atoms with E-state index in [1.54, 1.807) is 17.1 Å². The number of nitrogens with one attached hydrogen (secondary N) is 2. The second-order valence-corrected chi connectivity index (χ2v) is 7.54. The number of rotatable bonds is 9. The minimum atomic E-state index is -4.50. The maximum absolute atomic E-state index is 12.7. The van der Waals surface area contributed by atoms with Crippen LogP contribution in [0.5, 0.6) is 5.75 Å². The molecular formula is C18H16F3IN6O4. The Bertz CT molecular complexity index is 1080. The molecule has 3 aromatic rings. The molecular weight excluding hydrogens is 548 g/mol. The van der Waals surface area contributed by atoms with Crippen LogP contribution in [0.2, 0.25) is 0 Å². The van der Waals surface area contributed by atoms with Crippen LogP contribution in [0.4, 0.5) is 13.2 Å². The zero-order valence-corrected chi connectivity index (χ0v) is 18.4. The van der Waals surface area contributed by atoms with Gasteiger partial charge in [0, 0.05) is 19.3 Å². The molecule has 0 aliphatic heterocycles. The quantitative estimate of drug-likeness (QED) is 0.301. The van der Waals surface area contributed by atoms with Crippen LogP contribution in [-0.2, 0) is 17.5 Å². The molecule has 0 atom stereocenters. The molecule has 0 fully saturated rings. The number of nitrogens with zero attached hydrogens (tertiary/aromatic N) is 4. The number of hydrogen-bond acceptors (Lipinski definition) is 7. The second kappa shape index (κ2) is 10.4. The van der Waals surface area contributed by atoms with Crippen molar-refractivity contribution in [2.75, 3.05) is 19.7 Å². The number of ether oxygens (including phenoxy) is 1. The van der Waals surface area contributed by atoms with Gasteiger partial charge in [-0.3, -0.25) is 14.3 Å². The SMILES string of the molecule is O=C(COc1cccc(C(F)(F)F)c1)NCCNC(=O)c1nc(Cn2cc(I)cn2)no1. The Balaban J connectivity index is 1.36. The molecule has 0 aliphatic rings. The van der Waals surface area contributed by atoms with Gasteiger partial charge < -0.3 is 19.9 Å². The lowest BCUT2D eigenvalue weighted by Crippen LogP contribution is -2.36. The molecule has 2 amide bonds. The van der Waals surface area contributed by atoms with Crippen molar-refractivity contribution in [2.24, 2.45) is 0 Å². The molecule has 14 heteroatoms. The van der Waals surface area contributed by atoms with Gasteiger partial charge in [0.25, 0.3) is 5.91 Å². The van der Waals surface area contributed by atoms with Crippen molar-refractivity contribution < 1.29 is 32.0 Å². The van der Waals surface area contributed by atoms with E-state index < -0.39 is 30.2 Å². The summed E-state index contributed by atoms with van der Waals surface area (Å²) in [6.07, 6.45) is -1.07. The smallest absolute Gasteiger partial charge is 0.416 e. The van der Waals surface area contributed by atoms with E-state index in [0.29, 0.717) is 0 Å². The molecule has 3 rings (SSSR count). The molecule has 2 aromatic heterocycles. The first-order chi connectivity index (χ1) is 15.2. The van der Waals surface area contributed by atoms with Gasteiger partial charge >= 0.3 is 18.0 Å². The second-order valence-electron chi connectivity index (χ2n) is 6.29. The molecule has 170 valence electrons. The van der Waals surface area contributed by atoms with E-state index in [1.807, 2.05) is 0 Å². The minimum absolute atomic E-state index is 0.0587. The topological polar surface area (TPSA) is 124 Å². The van der Waals surface area contributed by atoms with Crippen LogP contribution in [0.3, 0.4) is 0 Å². The van der Waals surface area contributed by atoms with Crippen LogP contribution in [0.1, 0.15) is 22.1 Å². The Hall–Kier alpha value is -3.17. The molecule has 1 aromatic carbocycles. The highest BCUT2D eigenvalue weighted by atomic mass is 127. The fourth-order valence-electron chi connectivity index (χ4n) is 2.40. The first-order valence-corrected chi connectivity index (χ1v) is 10.1. The predicted octanol–water partition coefficient (Wildman–Crippen LogP) is 1.86. The van der Waals surface area contributed by atoms with Crippen LogP contribution in [0.15, 0.2) is 41.2 Å². The largest absolute Gasteiger partial charge is 0.484 e. The highest BCUT2D eigenvalue weighted by molar-refractivity contribution is 14.1. The van der Waals surface area contributed by atoms with Gasteiger partial charge in [-0.25, -0.2) is 0 Å². The number of amides is 2. The lowest BCUT2D eigenvalue weighted by molar-refractivity contribution is -0.137. The van der Waals surface area contributed by atoms with Crippen molar-refractivity contribution in [1.29, 1.82) is 0 Å². The van der Waals surface area contributed by atoms with Gasteiger partial charge in [0.2, 0.25) is 0 Å². The molecule has 0 bridgehead atoms. The number of alkyl halides is 3. The van der Waals surface area contributed by atoms with E-state index in [9.17, 15) is 22.8 Å². The van der Waals surface area contributed by atoms with Gasteiger partial charge in [-0.2, -0.15) is 23.3 Å². The van der Waals surface area contributed by atoms with E-state index in [-0.39, 0.29) is 37.1 Å². The molecule has 0 spiro atoms. The van der Waals surface area contributed by atoms with Crippen molar-refractivity contribution in [1.82, 2.24) is 30.6 Å². The van der Waals surface area contributed by atoms with Gasteiger partial charge in [0.05, 0.1) is 15.3 Å². The van der Waals surface area contributed by atoms with Crippen LogP contribution >= 0.6 is 22.6 Å². The Kier molecular flexibility index (Phi) is 7.66. The van der Waals surface area contributed by atoms with Crippen LogP contribution in [-0.4, -0.2) is 51.4 Å². The monoisotopic (exact) mass is 564 g/mol. The molecule has 10 nitrogen and oxygen atoms in total. The third kappa shape index (κ3) is 6.93. The summed E-state index contributed by atoms with van der Waals surface area (Å²) < 4.78 is 50.5. The normalized spacial score (nSPS) is 11.2. The van der Waals surface area contributed by atoms with E-state index in [2.05, 4.69) is 48.5 Å². The fraction of sp³-hybridized carbons (Fsp3) is 0.278. The van der Waals surface area contributed by atoms with Gasteiger partial charge in [-0.1, -0.05) is 11.2 Å². The summed E-state index contributed by atoms with van der Waals surface area (Å²) in [4.78, 5) is 27.8. The van der Waals surface area contributed by atoms with E-state index in [1.165, 1.54) is 12.1 Å². The Labute approximate surface area is 192 Å². The van der Waals surface area contributed by atoms with Crippen molar-refractivity contribution in [3.05, 3.63) is 57.5 Å². The highest BCUT2D eigenvalue weighted by Gasteiger charge is 2.30. The van der Waals surface area contributed by atoms with E-state index >= 15 is 0 Å². The number of hydrogen-bond donors (Lipinski definition) is 2. The molecule has 0 saturated carbocycles. The number of carbonyl (C=O) groups is 2. The Morgan fingerprint density at radius 2 is 2.00 bits per heavy atom. The van der Waals surface area contributed by atoms with Gasteiger partial charge in [-0.05, 0) is 40.8 Å². The molecule has 2 heterocycles. The molecule has 0 saturated heterocycles. The minimum Gasteiger partial charge on any atom is -0.484 e. The molecule has 0 unspecified atom stereocenters. The predicted molar refractivity (Wildman–Crippen MR) is 111 cm³/mol. The third-order valence-electron chi connectivity index (χ3n) is 3.83. The van der Waals surface area contributed by atoms with E-state index in [4.69, 9.17) is 9.26 Å². The van der Waals surface area contributed by atoms with Crippen molar-refractivity contribution >= 4 is 34.4 Å². The summed E-state index contributed by atoms with van der Waals surface area (Å²) in [6.45, 7) is -0.122. The summed E-state index contributed by atoms with van der Waals surface area (Å²) in [5.74, 6) is -1.23. The first-order valence-electron chi connectivity index (χ1n) is 9.06. The zero-order valence-electron chi connectivity index (χ0n) is 16.2. The van der Waals surface area contributed by atoms with Crippen molar-refractivity contribution in [3.63, 3.8) is 0 Å². The van der Waals surface area contributed by atoms with Crippen molar-refractivity contribution in [2.45, 2.75) is 12.7 Å². The van der Waals surface area contributed by atoms with Gasteiger partial charge in [0.1, 0.15) is 12.3 Å². The van der Waals surface area contributed by atoms with Crippen LogP contribution < -0.4 is 15.4 Å². The van der Waals surface area contributed by atoms with Gasteiger partial charge in [0.15, 0.2) is 12.4 Å². The van der Waals surface area contributed by atoms with Crippen molar-refractivity contribution in [3.8, 4) is 5.75 Å². The average molecular weight is 564 g/mol. The molecule has 0 aliphatic carbocycles. The lowest BCUT2D eigenvalue weighted by atomic mass is 10.2. The first kappa shape index (κ1) is 23.5. The molecule has 2 N–H and O–H groups in total. The number of aromatic nitrogens is 4. The Morgan fingerprint density at radius 3 is 2.72 bits per heavy atom. The summed E-state index contributed by atoms with van der Waals surface area (Å²) in [5, 5.41) is 12.7. The lowest BCUT2D eigenvalue weighted by Gasteiger charge is -2.10. The zero-order chi connectivity index (χ0) is 23.1. The van der Waals surface area contributed by atoms with Gasteiger partial charge in [-0.15, -0.1) is 0 Å². The average Bonchev–Trinajstić information content (AvgIpc) is 3.38. The fourth-order valence-corrected chi connectivity index (χ4v) is 2.84. The standard InChI is InChI=1S/C18H16F3IN6O4/c19-18(20,21)11-2-1-3-13(6-11)31-10-15(29)23-4-5-24-16(30)17-26-14(27-32-17)9-28-8-12(22)7-25-28/h1-3,6-8H,4-5,9-10H2,(H,23,29)(H,24,30). The molecule has 32 heavy (non-hydrogen) atoms. The summed E-state index contributed by atoms with van der Waals surface area (Å²) in [7, 11) is 0. The Morgan fingerprint density at radius 1 is 1.22 bits per heavy atom. The van der Waals surface area contributed by atoms with E-state index in [0.717, 1.165) is 15.7 Å². The maximum atomic E-state index is 12.7. The van der Waals surface area contributed by atoms with Crippen LogP contribution in [0.25, 0.3) is 0 Å². The number of halogens is 4. The maximum Gasteiger partial charge on any atom is 0.416 e. The highest BCUT2D eigenvalue weighted by Crippen LogP contribution is 2.31. The summed E-state index contributed by atoms with van der Waals surface area (Å²) in [6, 6.07) is 4.21. The summed E-state index contributed by atoms with van der Waals surface area (Å²) in [5.41, 5.74) is -0.873. The summed E-state index contributed by atoms with van der Waals surface area (Å²) >= 11 is 2.10. The number of benzene rings is 1. The molecule has 0 radical (unpaired) electrons. The third-order valence-corrected chi connectivity index (χ3v) is 4.39. The van der Waals surface area contributed by atoms with Crippen LogP contribution in [0, 0.1) is 3.57 Å². The number of carbonyl (C=O) groups excluding carboxylic acids is 2.